The van der Waals surface area contributed by atoms with Crippen molar-refractivity contribution < 1.29 is 13.3 Å². The molecule has 1 N–H and O–H groups in total. The molecule has 0 aliphatic carbocycles. The molecule has 2 rings (SSSR count). The summed E-state index contributed by atoms with van der Waals surface area (Å²) in [5, 5.41) is 14.9. The van der Waals surface area contributed by atoms with E-state index < -0.39 is 14.8 Å². The Morgan fingerprint density at radius 1 is 0.919 bits per heavy atom. The van der Waals surface area contributed by atoms with E-state index in [0.29, 0.717) is 22.7 Å². The molecule has 0 fully saturated rings. The summed E-state index contributed by atoms with van der Waals surface area (Å²) in [7, 11) is -1.78. The summed E-state index contributed by atoms with van der Waals surface area (Å²) >= 11 is 0. The summed E-state index contributed by atoms with van der Waals surface area (Å²) in [5.74, 6) is -0.107. The van der Waals surface area contributed by atoms with E-state index in [2.05, 4.69) is 22.4 Å². The normalized spacial score (nSPS) is 11.8. The number of aromatic nitrogens is 2. The zero-order valence-corrected chi connectivity index (χ0v) is 23.2. The first-order chi connectivity index (χ1) is 17.8. The van der Waals surface area contributed by atoms with Crippen LogP contribution in [0.15, 0.2) is 40.5 Å². The van der Waals surface area contributed by atoms with Crippen molar-refractivity contribution in [1.29, 1.82) is 0 Å². The lowest BCUT2D eigenvalue weighted by molar-refractivity contribution is -0.396. The minimum atomic E-state index is -3.31. The molecule has 1 heterocycles. The van der Waals surface area contributed by atoms with E-state index >= 15 is 0 Å². The predicted molar refractivity (Wildman–Crippen MR) is 150 cm³/mol. The van der Waals surface area contributed by atoms with Crippen LogP contribution >= 0.6 is 0 Å². The Bertz CT molecular complexity index is 1060. The number of sulfone groups is 1. The van der Waals surface area contributed by atoms with Gasteiger partial charge in [-0.05, 0) is 35.6 Å². The largest absolute Gasteiger partial charge is 0.434 e. The number of unbranched alkanes of at least 4 members (excludes halogenated alkanes) is 13. The molecule has 0 spiro atoms. The lowest BCUT2D eigenvalue weighted by Crippen LogP contribution is -2.07. The van der Waals surface area contributed by atoms with Crippen molar-refractivity contribution >= 4 is 27.7 Å². The molecule has 0 bridgehead atoms. The van der Waals surface area contributed by atoms with Gasteiger partial charge in [-0.15, -0.1) is 0 Å². The molecule has 10 heteroatoms. The number of nitrogens with zero attached hydrogens (tertiary/aromatic N) is 4. The third kappa shape index (κ3) is 11.5. The van der Waals surface area contributed by atoms with Gasteiger partial charge >= 0.3 is 5.95 Å². The maximum absolute atomic E-state index is 12.6. The van der Waals surface area contributed by atoms with Crippen molar-refractivity contribution in [3.05, 3.63) is 46.3 Å². The first kappa shape index (κ1) is 30.5. The fourth-order valence-electron chi connectivity index (χ4n) is 4.22. The number of hydrogen-bond donors (Lipinski definition) is 1. The van der Waals surface area contributed by atoms with Crippen LogP contribution in [-0.4, -0.2) is 34.9 Å². The molecular formula is C27H43N5O4S. The third-order valence-electron chi connectivity index (χ3n) is 6.53. The van der Waals surface area contributed by atoms with Gasteiger partial charge in [0.05, 0.1) is 29.6 Å². The summed E-state index contributed by atoms with van der Waals surface area (Å²) in [6.07, 6.45) is 20.1. The monoisotopic (exact) mass is 533 g/mol. The maximum Gasteiger partial charge on any atom is 0.434 e. The van der Waals surface area contributed by atoms with Gasteiger partial charge in [0.1, 0.15) is 6.20 Å². The van der Waals surface area contributed by atoms with Gasteiger partial charge < -0.3 is 10.1 Å². The van der Waals surface area contributed by atoms with Crippen LogP contribution in [0.4, 0.5) is 11.6 Å². The molecule has 0 radical (unpaired) electrons. The Labute approximate surface area is 221 Å². The van der Waals surface area contributed by atoms with Gasteiger partial charge in [-0.3, -0.25) is 5.43 Å². The number of benzene rings is 1. The van der Waals surface area contributed by atoms with Crippen molar-refractivity contribution in [3.63, 3.8) is 0 Å². The summed E-state index contributed by atoms with van der Waals surface area (Å²) in [6.45, 7) is 2.25. The van der Waals surface area contributed by atoms with E-state index in [1.54, 1.807) is 24.3 Å². The molecule has 0 unspecified atom stereocenters. The molecule has 0 saturated carbocycles. The fourth-order valence-corrected chi connectivity index (χ4v) is 5.59. The molecule has 2 aromatic rings. The zero-order chi connectivity index (χ0) is 26.9. The number of imidazole rings is 1. The predicted octanol–water partition coefficient (Wildman–Crippen LogP) is 7.03. The van der Waals surface area contributed by atoms with Crippen molar-refractivity contribution in [2.75, 3.05) is 11.2 Å². The lowest BCUT2D eigenvalue weighted by Gasteiger charge is -2.06. The van der Waals surface area contributed by atoms with E-state index in [0.717, 1.165) is 12.8 Å². The smallest absolute Gasteiger partial charge is 0.390 e. The van der Waals surface area contributed by atoms with Crippen molar-refractivity contribution in [3.8, 4) is 0 Å². The van der Waals surface area contributed by atoms with Crippen molar-refractivity contribution in [1.82, 2.24) is 9.55 Å². The van der Waals surface area contributed by atoms with Gasteiger partial charge in [-0.1, -0.05) is 95.4 Å². The Hall–Kier alpha value is -2.75. The maximum atomic E-state index is 12.6. The van der Waals surface area contributed by atoms with Crippen LogP contribution in [0.25, 0.3) is 0 Å². The molecular weight excluding hydrogens is 490 g/mol. The first-order valence-electron chi connectivity index (χ1n) is 13.6. The molecule has 1 aromatic heterocycles. The molecule has 37 heavy (non-hydrogen) atoms. The molecule has 0 aliphatic rings. The first-order valence-corrected chi connectivity index (χ1v) is 15.3. The van der Waals surface area contributed by atoms with E-state index in [1.165, 1.54) is 94.7 Å². The number of rotatable bonds is 20. The van der Waals surface area contributed by atoms with Crippen LogP contribution in [0.3, 0.4) is 0 Å². The number of nitro groups is 1. The van der Waals surface area contributed by atoms with E-state index in [1.807, 2.05) is 0 Å². The number of hydrazone groups is 1. The quantitative estimate of drug-likeness (QED) is 0.0844. The van der Waals surface area contributed by atoms with E-state index in [9.17, 15) is 18.5 Å². The second-order valence-corrected chi connectivity index (χ2v) is 11.7. The van der Waals surface area contributed by atoms with Gasteiger partial charge in [0.2, 0.25) is 0 Å². The molecule has 1 aromatic carbocycles. The van der Waals surface area contributed by atoms with Crippen LogP contribution in [0.5, 0.6) is 0 Å². The average Bonchev–Trinajstić information content (AvgIpc) is 3.25. The minimum absolute atomic E-state index is 0.162. The SMILES string of the molecule is CCCCCCCCCCCCCCCCS(=O)(=O)c1ccc(N/N=C/c2cnc([N+](=O)[O-])n2C)cc1. The van der Waals surface area contributed by atoms with E-state index in [4.69, 9.17) is 0 Å². The van der Waals surface area contributed by atoms with Gasteiger partial charge in [-0.2, -0.15) is 5.10 Å². The van der Waals surface area contributed by atoms with Crippen LogP contribution in [-0.2, 0) is 16.9 Å². The highest BCUT2D eigenvalue weighted by Crippen LogP contribution is 2.18. The van der Waals surface area contributed by atoms with Gasteiger partial charge in [-0.25, -0.2) is 13.0 Å². The van der Waals surface area contributed by atoms with Gasteiger partial charge in [0, 0.05) is 0 Å². The van der Waals surface area contributed by atoms with Crippen LogP contribution < -0.4 is 5.43 Å². The topological polar surface area (TPSA) is 119 Å². The van der Waals surface area contributed by atoms with Crippen molar-refractivity contribution in [2.24, 2.45) is 12.1 Å². The van der Waals surface area contributed by atoms with Crippen LogP contribution in [0, 0.1) is 10.1 Å². The highest BCUT2D eigenvalue weighted by molar-refractivity contribution is 7.91. The van der Waals surface area contributed by atoms with Crippen LogP contribution in [0.2, 0.25) is 0 Å². The Balaban J connectivity index is 1.60. The summed E-state index contributed by atoms with van der Waals surface area (Å²) in [5.41, 5.74) is 3.88. The second-order valence-electron chi connectivity index (χ2n) is 9.61. The van der Waals surface area contributed by atoms with Gasteiger partial charge in [0.25, 0.3) is 0 Å². The minimum Gasteiger partial charge on any atom is -0.390 e. The summed E-state index contributed by atoms with van der Waals surface area (Å²) in [4.78, 5) is 14.3. The number of hydrogen-bond acceptors (Lipinski definition) is 7. The number of nitrogens with one attached hydrogen (secondary N) is 1. The number of anilines is 1. The molecule has 206 valence electrons. The molecule has 0 aliphatic heterocycles. The van der Waals surface area contributed by atoms with Gasteiger partial charge in [0.15, 0.2) is 15.5 Å². The second kappa shape index (κ2) is 16.9. The highest BCUT2D eigenvalue weighted by Gasteiger charge is 2.16. The molecule has 9 nitrogen and oxygen atoms in total. The standard InChI is InChI=1S/C27H43N5O4S/c1-3-4-5-6-7-8-9-10-11-12-13-14-15-16-21-37(35,36)26-19-17-24(18-20-26)30-29-23-25-22-28-27(31(25)2)32(33)34/h17-20,22-23,30H,3-16,21H2,1-2H3/b29-23+. The van der Waals surface area contributed by atoms with E-state index in [-0.39, 0.29) is 11.7 Å². The third-order valence-corrected chi connectivity index (χ3v) is 8.35. The molecule has 0 saturated heterocycles. The summed E-state index contributed by atoms with van der Waals surface area (Å²) in [6, 6.07) is 6.46. The zero-order valence-electron chi connectivity index (χ0n) is 22.4. The lowest BCUT2D eigenvalue weighted by atomic mass is 10.0. The van der Waals surface area contributed by atoms with Crippen LogP contribution in [0.1, 0.15) is 103 Å². The summed E-state index contributed by atoms with van der Waals surface area (Å²) < 4.78 is 26.6. The average molecular weight is 534 g/mol. The molecule has 0 atom stereocenters. The fraction of sp³-hybridized carbons (Fsp3) is 0.630. The Morgan fingerprint density at radius 3 is 1.92 bits per heavy atom. The highest BCUT2D eigenvalue weighted by atomic mass is 32.2. The Morgan fingerprint density at radius 2 is 1.43 bits per heavy atom. The van der Waals surface area contributed by atoms with Crippen molar-refractivity contribution in [2.45, 2.75) is 102 Å². The molecule has 0 amide bonds. The Kier molecular flexibility index (Phi) is 13.9.